The number of rotatable bonds is 2. The van der Waals surface area contributed by atoms with Crippen LogP contribution in [0.15, 0.2) is 18.2 Å². The van der Waals surface area contributed by atoms with Crippen molar-refractivity contribution in [3.8, 4) is 0 Å². The molecule has 1 aliphatic rings. The molecule has 0 bridgehead atoms. The van der Waals surface area contributed by atoms with Crippen molar-refractivity contribution in [3.63, 3.8) is 0 Å². The van der Waals surface area contributed by atoms with Crippen LogP contribution in [-0.2, 0) is 11.8 Å². The Morgan fingerprint density at radius 1 is 1.36 bits per heavy atom. The minimum absolute atomic E-state index is 0.305. The van der Waals surface area contributed by atoms with E-state index in [0.717, 1.165) is 6.54 Å². The summed E-state index contributed by atoms with van der Waals surface area (Å²) in [6.07, 6.45) is 2.37. The lowest BCUT2D eigenvalue weighted by Crippen LogP contribution is -2.15. The van der Waals surface area contributed by atoms with E-state index in [9.17, 15) is 0 Å². The Labute approximate surface area is 86.5 Å². The SMILES string of the molecule is CCC(C)(C)c1ccc2c(c1)NCC2. The first kappa shape index (κ1) is 9.57. The fourth-order valence-corrected chi connectivity index (χ4v) is 1.92. The van der Waals surface area contributed by atoms with E-state index in [0.29, 0.717) is 5.41 Å². The quantitative estimate of drug-likeness (QED) is 0.752. The first-order valence-corrected chi connectivity index (χ1v) is 5.51. The zero-order valence-electron chi connectivity index (χ0n) is 9.35. The van der Waals surface area contributed by atoms with Crippen LogP contribution in [0.3, 0.4) is 0 Å². The van der Waals surface area contributed by atoms with Gasteiger partial charge >= 0.3 is 0 Å². The summed E-state index contributed by atoms with van der Waals surface area (Å²) in [5.74, 6) is 0. The molecule has 0 saturated carbocycles. The Balaban J connectivity index is 2.38. The van der Waals surface area contributed by atoms with Gasteiger partial charge in [-0.25, -0.2) is 0 Å². The second-order valence-corrected chi connectivity index (χ2v) is 4.79. The summed E-state index contributed by atoms with van der Waals surface area (Å²) in [5.41, 5.74) is 4.58. The second-order valence-electron chi connectivity index (χ2n) is 4.79. The van der Waals surface area contributed by atoms with Crippen LogP contribution in [-0.4, -0.2) is 6.54 Å². The van der Waals surface area contributed by atoms with Crippen molar-refractivity contribution in [2.75, 3.05) is 11.9 Å². The van der Waals surface area contributed by atoms with E-state index in [2.05, 4.69) is 44.3 Å². The van der Waals surface area contributed by atoms with Gasteiger partial charge in [0.2, 0.25) is 0 Å². The van der Waals surface area contributed by atoms with E-state index in [1.165, 1.54) is 29.7 Å². The molecular formula is C13H19N. The minimum Gasteiger partial charge on any atom is -0.384 e. The van der Waals surface area contributed by atoms with E-state index in [1.54, 1.807) is 0 Å². The van der Waals surface area contributed by atoms with E-state index >= 15 is 0 Å². The molecule has 0 radical (unpaired) electrons. The molecule has 1 aliphatic heterocycles. The van der Waals surface area contributed by atoms with E-state index in [4.69, 9.17) is 0 Å². The maximum absolute atomic E-state index is 3.44. The van der Waals surface area contributed by atoms with Crippen LogP contribution in [0.4, 0.5) is 5.69 Å². The van der Waals surface area contributed by atoms with E-state index < -0.39 is 0 Å². The molecule has 2 rings (SSSR count). The molecule has 14 heavy (non-hydrogen) atoms. The van der Waals surface area contributed by atoms with E-state index in [-0.39, 0.29) is 0 Å². The van der Waals surface area contributed by atoms with Gasteiger partial charge in [-0.05, 0) is 35.4 Å². The first-order chi connectivity index (χ1) is 6.63. The summed E-state index contributed by atoms with van der Waals surface area (Å²) in [6, 6.07) is 6.89. The Morgan fingerprint density at radius 3 is 2.86 bits per heavy atom. The zero-order chi connectivity index (χ0) is 10.2. The molecule has 1 nitrogen and oxygen atoms in total. The number of benzene rings is 1. The molecule has 1 aromatic carbocycles. The minimum atomic E-state index is 0.305. The third kappa shape index (κ3) is 1.52. The highest BCUT2D eigenvalue weighted by Crippen LogP contribution is 2.31. The highest BCUT2D eigenvalue weighted by atomic mass is 14.9. The molecule has 1 N–H and O–H groups in total. The molecule has 0 aliphatic carbocycles. The van der Waals surface area contributed by atoms with Gasteiger partial charge in [0.05, 0.1) is 0 Å². The normalized spacial score (nSPS) is 15.1. The lowest BCUT2D eigenvalue weighted by Gasteiger charge is -2.24. The summed E-state index contributed by atoms with van der Waals surface area (Å²) in [4.78, 5) is 0. The molecule has 76 valence electrons. The van der Waals surface area contributed by atoms with Gasteiger partial charge in [0.15, 0.2) is 0 Å². The van der Waals surface area contributed by atoms with Gasteiger partial charge in [-0.2, -0.15) is 0 Å². The number of fused-ring (bicyclic) bond motifs is 1. The molecule has 0 spiro atoms. The van der Waals surface area contributed by atoms with Gasteiger partial charge in [0.25, 0.3) is 0 Å². The third-order valence-electron chi connectivity index (χ3n) is 3.49. The molecule has 0 unspecified atom stereocenters. The van der Waals surface area contributed by atoms with Gasteiger partial charge < -0.3 is 5.32 Å². The second kappa shape index (κ2) is 3.30. The van der Waals surface area contributed by atoms with Crippen molar-refractivity contribution < 1.29 is 0 Å². The highest BCUT2D eigenvalue weighted by Gasteiger charge is 2.20. The van der Waals surface area contributed by atoms with E-state index in [1.807, 2.05) is 0 Å². The molecular weight excluding hydrogens is 170 g/mol. The van der Waals surface area contributed by atoms with Crippen molar-refractivity contribution in [1.29, 1.82) is 0 Å². The Hall–Kier alpha value is -0.980. The average molecular weight is 189 g/mol. The van der Waals surface area contributed by atoms with Crippen LogP contribution in [0.5, 0.6) is 0 Å². The van der Waals surface area contributed by atoms with Crippen LogP contribution >= 0.6 is 0 Å². The summed E-state index contributed by atoms with van der Waals surface area (Å²) in [7, 11) is 0. The Kier molecular flexibility index (Phi) is 2.26. The summed E-state index contributed by atoms with van der Waals surface area (Å²) < 4.78 is 0. The Morgan fingerprint density at radius 2 is 2.14 bits per heavy atom. The van der Waals surface area contributed by atoms with Crippen LogP contribution in [0, 0.1) is 0 Å². The topological polar surface area (TPSA) is 12.0 Å². The van der Waals surface area contributed by atoms with Crippen LogP contribution in [0.25, 0.3) is 0 Å². The summed E-state index contributed by atoms with van der Waals surface area (Å²) in [6.45, 7) is 7.97. The number of hydrogen-bond donors (Lipinski definition) is 1. The van der Waals surface area contributed by atoms with Gasteiger partial charge in [-0.3, -0.25) is 0 Å². The maximum Gasteiger partial charge on any atom is 0.0376 e. The fraction of sp³-hybridized carbons (Fsp3) is 0.538. The molecule has 1 heterocycles. The molecule has 0 saturated heterocycles. The average Bonchev–Trinajstić information content (AvgIpc) is 2.64. The molecule has 0 fully saturated rings. The lowest BCUT2D eigenvalue weighted by atomic mass is 9.82. The van der Waals surface area contributed by atoms with Gasteiger partial charge in [0.1, 0.15) is 0 Å². The molecule has 0 aromatic heterocycles. The molecule has 0 amide bonds. The van der Waals surface area contributed by atoms with Crippen molar-refractivity contribution in [2.24, 2.45) is 0 Å². The van der Waals surface area contributed by atoms with Crippen LogP contribution in [0.1, 0.15) is 38.3 Å². The zero-order valence-corrected chi connectivity index (χ0v) is 9.35. The predicted molar refractivity (Wildman–Crippen MR) is 62.0 cm³/mol. The molecule has 1 heteroatoms. The molecule has 1 aromatic rings. The third-order valence-corrected chi connectivity index (χ3v) is 3.49. The highest BCUT2D eigenvalue weighted by molar-refractivity contribution is 5.57. The largest absolute Gasteiger partial charge is 0.384 e. The standard InChI is InChI=1S/C13H19N/c1-4-13(2,3)11-6-5-10-7-8-14-12(10)9-11/h5-6,9,14H,4,7-8H2,1-3H3. The van der Waals surface area contributed by atoms with Crippen molar-refractivity contribution in [3.05, 3.63) is 29.3 Å². The number of nitrogens with one attached hydrogen (secondary N) is 1. The van der Waals surface area contributed by atoms with Crippen molar-refractivity contribution >= 4 is 5.69 Å². The lowest BCUT2D eigenvalue weighted by molar-refractivity contribution is 0.506. The van der Waals surface area contributed by atoms with Crippen LogP contribution in [0.2, 0.25) is 0 Å². The Bertz CT molecular complexity index is 339. The summed E-state index contributed by atoms with van der Waals surface area (Å²) in [5, 5.41) is 3.44. The smallest absolute Gasteiger partial charge is 0.0376 e. The maximum atomic E-state index is 3.44. The van der Waals surface area contributed by atoms with Crippen LogP contribution < -0.4 is 5.32 Å². The van der Waals surface area contributed by atoms with Gasteiger partial charge in [-0.1, -0.05) is 32.9 Å². The van der Waals surface area contributed by atoms with Crippen molar-refractivity contribution in [2.45, 2.75) is 39.0 Å². The number of anilines is 1. The van der Waals surface area contributed by atoms with Gasteiger partial charge in [-0.15, -0.1) is 0 Å². The first-order valence-electron chi connectivity index (χ1n) is 5.51. The van der Waals surface area contributed by atoms with Crippen molar-refractivity contribution in [1.82, 2.24) is 0 Å². The molecule has 0 atom stereocenters. The number of hydrogen-bond acceptors (Lipinski definition) is 1. The fourth-order valence-electron chi connectivity index (χ4n) is 1.92. The predicted octanol–water partition coefficient (Wildman–Crippen LogP) is 3.34. The van der Waals surface area contributed by atoms with Gasteiger partial charge in [0, 0.05) is 12.2 Å². The summed E-state index contributed by atoms with van der Waals surface area (Å²) >= 11 is 0. The monoisotopic (exact) mass is 189 g/mol.